The van der Waals surface area contributed by atoms with E-state index in [2.05, 4.69) is 4.90 Å². The minimum Gasteiger partial charge on any atom is -0.389 e. The number of hydrogen-bond donors (Lipinski definition) is 1. The van der Waals surface area contributed by atoms with Crippen molar-refractivity contribution in [2.45, 2.75) is 25.2 Å². The monoisotopic (exact) mass is 233 g/mol. The van der Waals surface area contributed by atoms with Crippen molar-refractivity contribution >= 4 is 0 Å². The highest BCUT2D eigenvalue weighted by Gasteiger charge is 2.31. The van der Waals surface area contributed by atoms with Crippen LogP contribution >= 0.6 is 0 Å². The van der Waals surface area contributed by atoms with Gasteiger partial charge in [-0.15, -0.1) is 0 Å². The van der Waals surface area contributed by atoms with Gasteiger partial charge in [0.25, 0.3) is 0 Å². The van der Waals surface area contributed by atoms with E-state index >= 15 is 0 Å². The fourth-order valence-electron chi connectivity index (χ4n) is 2.47. The van der Waals surface area contributed by atoms with Crippen molar-refractivity contribution in [1.29, 1.82) is 0 Å². The van der Waals surface area contributed by atoms with E-state index in [9.17, 15) is 9.50 Å². The SMILES string of the molecule is OC(CF)CN1CCCC(C2OCCO2)C1. The fourth-order valence-corrected chi connectivity index (χ4v) is 2.47. The third-order valence-electron chi connectivity index (χ3n) is 3.22. The topological polar surface area (TPSA) is 41.9 Å². The van der Waals surface area contributed by atoms with Gasteiger partial charge < -0.3 is 19.5 Å². The van der Waals surface area contributed by atoms with Crippen molar-refractivity contribution in [2.75, 3.05) is 39.5 Å². The van der Waals surface area contributed by atoms with Crippen LogP contribution < -0.4 is 0 Å². The summed E-state index contributed by atoms with van der Waals surface area (Å²) < 4.78 is 23.2. The van der Waals surface area contributed by atoms with Gasteiger partial charge in [-0.05, 0) is 19.4 Å². The molecule has 4 nitrogen and oxygen atoms in total. The summed E-state index contributed by atoms with van der Waals surface area (Å²) in [6.45, 7) is 2.86. The lowest BCUT2D eigenvalue weighted by atomic mass is 9.97. The summed E-state index contributed by atoms with van der Waals surface area (Å²) >= 11 is 0. The first-order chi connectivity index (χ1) is 7.79. The van der Waals surface area contributed by atoms with E-state index in [4.69, 9.17) is 9.47 Å². The molecule has 0 bridgehead atoms. The van der Waals surface area contributed by atoms with Gasteiger partial charge in [-0.2, -0.15) is 0 Å². The van der Waals surface area contributed by atoms with Crippen LogP contribution in [-0.4, -0.2) is 61.9 Å². The van der Waals surface area contributed by atoms with Crippen LogP contribution in [0.5, 0.6) is 0 Å². The Kier molecular flexibility index (Phi) is 4.52. The zero-order chi connectivity index (χ0) is 11.4. The van der Waals surface area contributed by atoms with Crippen LogP contribution in [0.1, 0.15) is 12.8 Å². The zero-order valence-electron chi connectivity index (χ0n) is 9.48. The molecule has 0 aromatic heterocycles. The summed E-state index contributed by atoms with van der Waals surface area (Å²) in [4.78, 5) is 2.10. The molecule has 5 heteroatoms. The Labute approximate surface area is 95.3 Å². The fraction of sp³-hybridized carbons (Fsp3) is 1.00. The molecular formula is C11H20FNO3. The number of piperidine rings is 1. The molecule has 0 spiro atoms. The van der Waals surface area contributed by atoms with Gasteiger partial charge in [0, 0.05) is 19.0 Å². The summed E-state index contributed by atoms with van der Waals surface area (Å²) in [6, 6.07) is 0. The van der Waals surface area contributed by atoms with E-state index in [0.717, 1.165) is 25.9 Å². The van der Waals surface area contributed by atoms with Crippen LogP contribution in [0, 0.1) is 5.92 Å². The van der Waals surface area contributed by atoms with E-state index in [1.54, 1.807) is 0 Å². The lowest BCUT2D eigenvalue weighted by Crippen LogP contribution is -2.44. The molecule has 2 aliphatic rings. The van der Waals surface area contributed by atoms with E-state index in [1.165, 1.54) is 0 Å². The standard InChI is InChI=1S/C11H20FNO3/c12-6-10(14)8-13-3-1-2-9(7-13)11-15-4-5-16-11/h9-11,14H,1-8H2. The van der Waals surface area contributed by atoms with Crippen molar-refractivity contribution in [3.05, 3.63) is 0 Å². The molecule has 2 saturated heterocycles. The Hall–Kier alpha value is -0.230. The summed E-state index contributed by atoms with van der Waals surface area (Å²) in [7, 11) is 0. The quantitative estimate of drug-likeness (QED) is 0.763. The molecule has 0 aromatic rings. The number of β-amino-alcohol motifs (C(OH)–C–C–N with tert-alkyl or cyclic N) is 1. The van der Waals surface area contributed by atoms with Crippen LogP contribution in [0.15, 0.2) is 0 Å². The Morgan fingerprint density at radius 2 is 2.12 bits per heavy atom. The molecule has 94 valence electrons. The molecule has 2 rings (SSSR count). The van der Waals surface area contributed by atoms with Crippen molar-refractivity contribution in [3.63, 3.8) is 0 Å². The maximum absolute atomic E-state index is 12.2. The van der Waals surface area contributed by atoms with Gasteiger partial charge in [0.1, 0.15) is 6.67 Å². The number of nitrogens with zero attached hydrogens (tertiary/aromatic N) is 1. The first-order valence-electron chi connectivity index (χ1n) is 5.99. The number of ether oxygens (including phenoxy) is 2. The van der Waals surface area contributed by atoms with Crippen LogP contribution in [0.2, 0.25) is 0 Å². The smallest absolute Gasteiger partial charge is 0.161 e. The summed E-state index contributed by atoms with van der Waals surface area (Å²) in [5, 5.41) is 9.28. The number of aliphatic hydroxyl groups is 1. The molecule has 2 heterocycles. The molecule has 2 fully saturated rings. The first kappa shape index (κ1) is 12.2. The van der Waals surface area contributed by atoms with Crippen LogP contribution in [0.25, 0.3) is 0 Å². The van der Waals surface area contributed by atoms with Gasteiger partial charge in [-0.25, -0.2) is 4.39 Å². The maximum Gasteiger partial charge on any atom is 0.161 e. The highest BCUT2D eigenvalue weighted by molar-refractivity contribution is 4.78. The highest BCUT2D eigenvalue weighted by Crippen LogP contribution is 2.24. The molecule has 2 atom stereocenters. The number of alkyl halides is 1. The van der Waals surface area contributed by atoms with Gasteiger partial charge in [0.05, 0.1) is 19.3 Å². The molecule has 0 amide bonds. The second kappa shape index (κ2) is 5.91. The molecule has 0 saturated carbocycles. The molecule has 2 unspecified atom stereocenters. The van der Waals surface area contributed by atoms with Crippen LogP contribution in [0.4, 0.5) is 4.39 Å². The lowest BCUT2D eigenvalue weighted by Gasteiger charge is -2.35. The van der Waals surface area contributed by atoms with Crippen LogP contribution in [-0.2, 0) is 9.47 Å². The Morgan fingerprint density at radius 1 is 1.38 bits per heavy atom. The summed E-state index contributed by atoms with van der Waals surface area (Å²) in [6.07, 6.45) is 1.20. The number of aliphatic hydroxyl groups excluding tert-OH is 1. The predicted molar refractivity (Wildman–Crippen MR) is 56.8 cm³/mol. The molecule has 1 N–H and O–H groups in total. The molecular weight excluding hydrogens is 213 g/mol. The summed E-state index contributed by atoms with van der Waals surface area (Å²) in [5.41, 5.74) is 0. The number of hydrogen-bond acceptors (Lipinski definition) is 4. The number of rotatable bonds is 4. The van der Waals surface area contributed by atoms with Gasteiger partial charge in [-0.1, -0.05) is 0 Å². The minimum absolute atomic E-state index is 0.0923. The Morgan fingerprint density at radius 3 is 2.81 bits per heavy atom. The maximum atomic E-state index is 12.2. The largest absolute Gasteiger partial charge is 0.389 e. The second-order valence-electron chi connectivity index (χ2n) is 4.58. The van der Waals surface area contributed by atoms with E-state index in [1.807, 2.05) is 0 Å². The molecule has 2 aliphatic heterocycles. The molecule has 16 heavy (non-hydrogen) atoms. The molecule has 0 radical (unpaired) electrons. The normalized spacial score (nSPS) is 30.8. The van der Waals surface area contributed by atoms with Gasteiger partial charge in [0.15, 0.2) is 6.29 Å². The zero-order valence-corrected chi connectivity index (χ0v) is 9.48. The highest BCUT2D eigenvalue weighted by atomic mass is 19.1. The van der Waals surface area contributed by atoms with E-state index in [0.29, 0.717) is 25.7 Å². The Bertz CT molecular complexity index is 211. The minimum atomic E-state index is -0.857. The second-order valence-corrected chi connectivity index (χ2v) is 4.58. The van der Waals surface area contributed by atoms with Crippen LogP contribution in [0.3, 0.4) is 0 Å². The third kappa shape index (κ3) is 3.13. The van der Waals surface area contributed by atoms with Crippen molar-refractivity contribution in [2.24, 2.45) is 5.92 Å². The number of likely N-dealkylation sites (tertiary alicyclic amines) is 1. The first-order valence-corrected chi connectivity index (χ1v) is 5.99. The van der Waals surface area contributed by atoms with Crippen molar-refractivity contribution < 1.29 is 19.0 Å². The van der Waals surface area contributed by atoms with Gasteiger partial charge in [0.2, 0.25) is 0 Å². The Balaban J connectivity index is 1.79. The van der Waals surface area contributed by atoms with Crippen molar-refractivity contribution in [3.8, 4) is 0 Å². The summed E-state index contributed by atoms with van der Waals surface area (Å²) in [5.74, 6) is 0.364. The average molecular weight is 233 g/mol. The lowest BCUT2D eigenvalue weighted by molar-refractivity contribution is -0.102. The average Bonchev–Trinajstić information content (AvgIpc) is 2.83. The van der Waals surface area contributed by atoms with E-state index < -0.39 is 12.8 Å². The van der Waals surface area contributed by atoms with Gasteiger partial charge >= 0.3 is 0 Å². The van der Waals surface area contributed by atoms with Gasteiger partial charge in [-0.3, -0.25) is 0 Å². The van der Waals surface area contributed by atoms with E-state index in [-0.39, 0.29) is 6.29 Å². The number of halogens is 1. The van der Waals surface area contributed by atoms with Crippen molar-refractivity contribution in [1.82, 2.24) is 4.90 Å². The third-order valence-corrected chi connectivity index (χ3v) is 3.22. The molecule has 0 aromatic carbocycles. The predicted octanol–water partition coefficient (Wildman–Crippen LogP) is 0.402. The molecule has 0 aliphatic carbocycles.